The Morgan fingerprint density at radius 3 is 2.73 bits per heavy atom. The van der Waals surface area contributed by atoms with Crippen molar-refractivity contribution in [3.8, 4) is 17.2 Å². The van der Waals surface area contributed by atoms with E-state index in [1.54, 1.807) is 7.11 Å². The van der Waals surface area contributed by atoms with Crippen molar-refractivity contribution in [2.45, 2.75) is 17.8 Å². The minimum absolute atomic E-state index is 0.0773. The van der Waals surface area contributed by atoms with Crippen LogP contribution in [0.1, 0.15) is 17.5 Å². The zero-order valence-corrected chi connectivity index (χ0v) is 17.5. The molecule has 8 nitrogen and oxygen atoms in total. The van der Waals surface area contributed by atoms with Crippen molar-refractivity contribution in [1.29, 1.82) is 0 Å². The van der Waals surface area contributed by atoms with E-state index < -0.39 is 0 Å². The van der Waals surface area contributed by atoms with Gasteiger partial charge in [-0.05, 0) is 29.8 Å². The molecule has 1 aliphatic heterocycles. The van der Waals surface area contributed by atoms with Crippen LogP contribution in [-0.2, 0) is 18.4 Å². The highest BCUT2D eigenvalue weighted by Crippen LogP contribution is 2.35. The van der Waals surface area contributed by atoms with Crippen LogP contribution in [0.4, 0.5) is 0 Å². The fraction of sp³-hybridized carbons (Fsp3) is 0.286. The Morgan fingerprint density at radius 2 is 1.97 bits per heavy atom. The first kappa shape index (κ1) is 20.1. The molecule has 1 aliphatic rings. The summed E-state index contributed by atoms with van der Waals surface area (Å²) in [5.74, 6) is 3.02. The molecule has 0 radical (unpaired) electrons. The van der Waals surface area contributed by atoms with Crippen molar-refractivity contribution in [3.63, 3.8) is 0 Å². The monoisotopic (exact) mass is 426 g/mol. The van der Waals surface area contributed by atoms with E-state index >= 15 is 0 Å². The van der Waals surface area contributed by atoms with Crippen molar-refractivity contribution < 1.29 is 19.0 Å². The number of aromatic nitrogens is 3. The summed E-state index contributed by atoms with van der Waals surface area (Å²) >= 11 is 1.33. The number of hydrogen-bond acceptors (Lipinski definition) is 7. The number of carbonyl (C=O) groups excluding carboxylic acids is 1. The van der Waals surface area contributed by atoms with Crippen LogP contribution in [0.5, 0.6) is 17.2 Å². The molecule has 1 aromatic heterocycles. The Hall–Kier alpha value is -3.20. The number of hydrogen-bond donors (Lipinski definition) is 1. The predicted octanol–water partition coefficient (Wildman–Crippen LogP) is 2.74. The molecule has 1 unspecified atom stereocenters. The molecule has 2 heterocycles. The number of nitrogens with zero attached hydrogens (tertiary/aromatic N) is 3. The highest BCUT2D eigenvalue weighted by molar-refractivity contribution is 7.99. The van der Waals surface area contributed by atoms with Gasteiger partial charge in [0, 0.05) is 13.6 Å². The van der Waals surface area contributed by atoms with E-state index in [-0.39, 0.29) is 17.8 Å². The first-order valence-corrected chi connectivity index (χ1v) is 10.4. The average Bonchev–Trinajstić information content (AvgIpc) is 3.16. The Labute approximate surface area is 178 Å². The quantitative estimate of drug-likeness (QED) is 0.581. The molecule has 0 bridgehead atoms. The van der Waals surface area contributed by atoms with Gasteiger partial charge in [0.25, 0.3) is 0 Å². The largest absolute Gasteiger partial charge is 0.497 e. The molecule has 3 aromatic rings. The Balaban J connectivity index is 1.30. The Bertz CT molecular complexity index is 1020. The lowest BCUT2D eigenvalue weighted by Crippen LogP contribution is -2.25. The molecule has 0 saturated carbocycles. The fourth-order valence-electron chi connectivity index (χ4n) is 3.00. The Kier molecular flexibility index (Phi) is 6.08. The molecule has 0 aliphatic carbocycles. The summed E-state index contributed by atoms with van der Waals surface area (Å²) in [6, 6.07) is 15.1. The lowest BCUT2D eigenvalue weighted by Gasteiger charge is -2.25. The standard InChI is InChI=1S/C21H22N4O4S/c1-25-20(18-12-28-16-5-3-4-6-17(16)29-18)23-24-21(25)30-13-19(26)22-11-14-7-9-15(27-2)10-8-14/h3-10,18H,11-13H2,1-2H3,(H,22,26). The molecule has 0 spiro atoms. The lowest BCUT2D eigenvalue weighted by atomic mass is 10.2. The summed E-state index contributed by atoms with van der Waals surface area (Å²) in [7, 11) is 3.48. The zero-order valence-electron chi connectivity index (χ0n) is 16.7. The lowest BCUT2D eigenvalue weighted by molar-refractivity contribution is -0.118. The molecule has 30 heavy (non-hydrogen) atoms. The molecule has 0 fully saturated rings. The molecule has 1 atom stereocenters. The first-order chi connectivity index (χ1) is 14.6. The van der Waals surface area contributed by atoms with Crippen LogP contribution in [0.25, 0.3) is 0 Å². The van der Waals surface area contributed by atoms with Gasteiger partial charge < -0.3 is 24.1 Å². The van der Waals surface area contributed by atoms with Gasteiger partial charge in [-0.15, -0.1) is 10.2 Å². The molecule has 2 aromatic carbocycles. The van der Waals surface area contributed by atoms with Crippen LogP contribution in [0.3, 0.4) is 0 Å². The number of methoxy groups -OCH3 is 1. The SMILES string of the molecule is COc1ccc(CNC(=O)CSc2nnc(C3COc4ccccc4O3)n2C)cc1. The van der Waals surface area contributed by atoms with Crippen LogP contribution in [0, 0.1) is 0 Å². The first-order valence-electron chi connectivity index (χ1n) is 9.44. The summed E-state index contributed by atoms with van der Waals surface area (Å²) in [4.78, 5) is 12.2. The molecule has 1 N–H and O–H groups in total. The zero-order chi connectivity index (χ0) is 20.9. The van der Waals surface area contributed by atoms with Gasteiger partial charge in [-0.25, -0.2) is 0 Å². The van der Waals surface area contributed by atoms with Crippen molar-refractivity contribution in [2.75, 3.05) is 19.5 Å². The van der Waals surface area contributed by atoms with Gasteiger partial charge >= 0.3 is 0 Å². The maximum Gasteiger partial charge on any atom is 0.230 e. The van der Waals surface area contributed by atoms with E-state index in [1.165, 1.54) is 11.8 Å². The highest BCUT2D eigenvalue weighted by Gasteiger charge is 2.27. The molecule has 4 rings (SSSR count). The number of rotatable bonds is 7. The number of carbonyl (C=O) groups is 1. The van der Waals surface area contributed by atoms with Crippen LogP contribution < -0.4 is 19.5 Å². The summed E-state index contributed by atoms with van der Waals surface area (Å²) in [5.41, 5.74) is 1.00. The van der Waals surface area contributed by atoms with Crippen LogP contribution in [0.15, 0.2) is 53.7 Å². The number of amides is 1. The van der Waals surface area contributed by atoms with E-state index in [0.717, 1.165) is 17.1 Å². The van der Waals surface area contributed by atoms with Gasteiger partial charge in [-0.2, -0.15) is 0 Å². The van der Waals surface area contributed by atoms with Crippen molar-refractivity contribution in [3.05, 3.63) is 59.9 Å². The number of thioether (sulfide) groups is 1. The van der Waals surface area contributed by atoms with Crippen molar-refractivity contribution in [1.82, 2.24) is 20.1 Å². The summed E-state index contributed by atoms with van der Waals surface area (Å²) in [5, 5.41) is 12.0. The van der Waals surface area contributed by atoms with Gasteiger partial charge in [0.05, 0.1) is 12.9 Å². The fourth-order valence-corrected chi connectivity index (χ4v) is 3.75. The molecule has 0 saturated heterocycles. The summed E-state index contributed by atoms with van der Waals surface area (Å²) < 4.78 is 18.7. The smallest absolute Gasteiger partial charge is 0.230 e. The minimum Gasteiger partial charge on any atom is -0.497 e. The molecule has 9 heteroatoms. The average molecular weight is 426 g/mol. The molecular formula is C21H22N4O4S. The van der Waals surface area contributed by atoms with Crippen LogP contribution in [-0.4, -0.2) is 40.1 Å². The van der Waals surface area contributed by atoms with E-state index in [4.69, 9.17) is 14.2 Å². The Morgan fingerprint density at radius 1 is 1.20 bits per heavy atom. The number of benzene rings is 2. The van der Waals surface area contributed by atoms with Crippen LogP contribution >= 0.6 is 11.8 Å². The van der Waals surface area contributed by atoms with Crippen molar-refractivity contribution >= 4 is 17.7 Å². The normalized spacial score (nSPS) is 14.9. The third-order valence-electron chi connectivity index (χ3n) is 4.65. The van der Waals surface area contributed by atoms with E-state index in [0.29, 0.717) is 29.9 Å². The third-order valence-corrected chi connectivity index (χ3v) is 5.67. The van der Waals surface area contributed by atoms with E-state index in [2.05, 4.69) is 15.5 Å². The number of nitrogens with one attached hydrogen (secondary N) is 1. The van der Waals surface area contributed by atoms with Gasteiger partial charge in [0.2, 0.25) is 5.91 Å². The van der Waals surface area contributed by atoms with Gasteiger partial charge in [-0.1, -0.05) is 36.0 Å². The number of para-hydroxylation sites is 2. The second-order valence-corrected chi connectivity index (χ2v) is 7.62. The summed E-state index contributed by atoms with van der Waals surface area (Å²) in [6.07, 6.45) is -0.351. The number of ether oxygens (including phenoxy) is 3. The van der Waals surface area contributed by atoms with Crippen molar-refractivity contribution in [2.24, 2.45) is 7.05 Å². The summed E-state index contributed by atoms with van der Waals surface area (Å²) in [6.45, 7) is 0.816. The molecule has 156 valence electrons. The second kappa shape index (κ2) is 9.08. The second-order valence-electron chi connectivity index (χ2n) is 6.68. The number of fused-ring (bicyclic) bond motifs is 1. The third kappa shape index (κ3) is 4.51. The topological polar surface area (TPSA) is 87.5 Å². The highest BCUT2D eigenvalue weighted by atomic mass is 32.2. The van der Waals surface area contributed by atoms with Gasteiger partial charge in [0.1, 0.15) is 12.4 Å². The molecular weight excluding hydrogens is 404 g/mol. The minimum atomic E-state index is -0.351. The van der Waals surface area contributed by atoms with Gasteiger partial charge in [-0.3, -0.25) is 4.79 Å². The maximum absolute atomic E-state index is 12.2. The molecule has 1 amide bonds. The van der Waals surface area contributed by atoms with Crippen LogP contribution in [0.2, 0.25) is 0 Å². The van der Waals surface area contributed by atoms with E-state index in [1.807, 2.05) is 60.1 Å². The van der Waals surface area contributed by atoms with Gasteiger partial charge in [0.15, 0.2) is 28.6 Å². The maximum atomic E-state index is 12.2. The predicted molar refractivity (Wildman–Crippen MR) is 112 cm³/mol. The van der Waals surface area contributed by atoms with E-state index in [9.17, 15) is 4.79 Å².